The Bertz CT molecular complexity index is 977. The molecule has 0 spiro atoms. The first-order chi connectivity index (χ1) is 10.1. The Kier molecular flexibility index (Phi) is 3.58. The molecular formula is C19H17IrN2-. The van der Waals surface area contributed by atoms with Crippen LogP contribution in [-0.4, -0.2) is 9.38 Å². The zero-order chi connectivity index (χ0) is 14.6. The third kappa shape index (κ3) is 2.16. The fourth-order valence-electron chi connectivity index (χ4n) is 2.97. The molecule has 0 saturated heterocycles. The fourth-order valence-corrected chi connectivity index (χ4v) is 2.97. The third-order valence-electron chi connectivity index (χ3n) is 3.97. The van der Waals surface area contributed by atoms with E-state index in [1.54, 1.807) is 0 Å². The Hall–Kier alpha value is -1.70. The van der Waals surface area contributed by atoms with Crippen molar-refractivity contribution in [3.8, 4) is 0 Å². The molecule has 2 aromatic carbocycles. The summed E-state index contributed by atoms with van der Waals surface area (Å²) in [6, 6.07) is 20.1. The summed E-state index contributed by atoms with van der Waals surface area (Å²) in [5.41, 5.74) is 4.52. The van der Waals surface area contributed by atoms with Crippen LogP contribution in [0.3, 0.4) is 0 Å². The molecule has 22 heavy (non-hydrogen) atoms. The summed E-state index contributed by atoms with van der Waals surface area (Å²) in [7, 11) is 0. The predicted molar refractivity (Wildman–Crippen MR) is 87.7 cm³/mol. The minimum absolute atomic E-state index is 0. The molecule has 4 aromatic rings. The molecule has 2 aromatic heterocycles. The smallest absolute Gasteiger partial charge is 0.0774 e. The zero-order valence-corrected chi connectivity index (χ0v) is 15.2. The van der Waals surface area contributed by atoms with Crippen LogP contribution in [0, 0.1) is 6.07 Å². The minimum atomic E-state index is 0. The molecule has 1 radical (unpaired) electrons. The number of nitrogens with zero attached hydrogens (tertiary/aromatic N) is 2. The number of benzene rings is 2. The summed E-state index contributed by atoms with van der Waals surface area (Å²) in [6.45, 7) is 6.74. The van der Waals surface area contributed by atoms with Crippen LogP contribution in [0.25, 0.3) is 27.5 Å². The SMILES string of the molecule is CC(C)(C)c1cc2ccc[c-]c2c2nc3ccccc3n12.[Ir]. The van der Waals surface area contributed by atoms with Crippen molar-refractivity contribution in [2.24, 2.45) is 0 Å². The van der Waals surface area contributed by atoms with Crippen LogP contribution in [0.4, 0.5) is 0 Å². The van der Waals surface area contributed by atoms with E-state index in [2.05, 4.69) is 61.6 Å². The Labute approximate surface area is 143 Å². The second kappa shape index (κ2) is 5.19. The zero-order valence-electron chi connectivity index (χ0n) is 12.8. The number of hydrogen-bond acceptors (Lipinski definition) is 1. The summed E-state index contributed by atoms with van der Waals surface area (Å²) in [6.07, 6.45) is 0. The summed E-state index contributed by atoms with van der Waals surface area (Å²) >= 11 is 0. The van der Waals surface area contributed by atoms with Crippen molar-refractivity contribution in [2.75, 3.05) is 0 Å². The van der Waals surface area contributed by atoms with Crippen LogP contribution in [0.1, 0.15) is 26.5 Å². The Balaban J connectivity index is 0.00000144. The maximum Gasteiger partial charge on any atom is 0.0774 e. The van der Waals surface area contributed by atoms with E-state index in [9.17, 15) is 0 Å². The molecule has 2 nitrogen and oxygen atoms in total. The normalized spacial score (nSPS) is 12.0. The molecule has 0 aliphatic carbocycles. The van der Waals surface area contributed by atoms with E-state index in [1.807, 2.05) is 18.2 Å². The van der Waals surface area contributed by atoms with Crippen molar-refractivity contribution in [3.63, 3.8) is 0 Å². The topological polar surface area (TPSA) is 17.3 Å². The standard InChI is InChI=1S/C19H17N2.Ir/c1-19(2,3)17-12-13-8-4-5-9-14(13)18-20-15-10-6-7-11-16(15)21(17)18;/h4-8,10-12H,1-3H3;/q-1;. The van der Waals surface area contributed by atoms with Crippen molar-refractivity contribution in [2.45, 2.75) is 26.2 Å². The number of pyridine rings is 1. The van der Waals surface area contributed by atoms with Crippen LogP contribution in [0.5, 0.6) is 0 Å². The molecule has 0 N–H and O–H groups in total. The molecule has 2 heterocycles. The molecule has 0 aliphatic rings. The van der Waals surface area contributed by atoms with Crippen LogP contribution in [0.15, 0.2) is 48.5 Å². The molecule has 0 bridgehead atoms. The van der Waals surface area contributed by atoms with Gasteiger partial charge < -0.3 is 4.40 Å². The van der Waals surface area contributed by atoms with Crippen LogP contribution < -0.4 is 0 Å². The summed E-state index contributed by atoms with van der Waals surface area (Å²) in [5, 5.41) is 2.28. The first kappa shape index (κ1) is 15.2. The molecule has 4 rings (SSSR count). The quantitative estimate of drug-likeness (QED) is 0.343. The van der Waals surface area contributed by atoms with Crippen molar-refractivity contribution in [1.29, 1.82) is 0 Å². The van der Waals surface area contributed by atoms with Gasteiger partial charge in [-0.25, -0.2) is 0 Å². The first-order valence-electron chi connectivity index (χ1n) is 7.27. The maximum atomic E-state index is 4.85. The van der Waals surface area contributed by atoms with Crippen LogP contribution in [0.2, 0.25) is 0 Å². The molecule has 3 heteroatoms. The van der Waals surface area contributed by atoms with Crippen LogP contribution >= 0.6 is 0 Å². The molecule has 113 valence electrons. The monoisotopic (exact) mass is 466 g/mol. The van der Waals surface area contributed by atoms with E-state index in [1.165, 1.54) is 11.1 Å². The van der Waals surface area contributed by atoms with E-state index >= 15 is 0 Å². The Morgan fingerprint density at radius 2 is 1.82 bits per heavy atom. The van der Waals surface area contributed by atoms with Gasteiger partial charge in [0.05, 0.1) is 16.7 Å². The van der Waals surface area contributed by atoms with Crippen molar-refractivity contribution >= 4 is 27.5 Å². The molecule has 0 saturated carbocycles. The van der Waals surface area contributed by atoms with Gasteiger partial charge >= 0.3 is 0 Å². The molecule has 0 amide bonds. The number of para-hydroxylation sites is 2. The minimum Gasteiger partial charge on any atom is -0.337 e. The van der Waals surface area contributed by atoms with Gasteiger partial charge in [-0.1, -0.05) is 39.0 Å². The van der Waals surface area contributed by atoms with Gasteiger partial charge in [0.25, 0.3) is 0 Å². The van der Waals surface area contributed by atoms with Gasteiger partial charge in [0.15, 0.2) is 0 Å². The second-order valence-electron chi connectivity index (χ2n) is 6.54. The Morgan fingerprint density at radius 3 is 2.59 bits per heavy atom. The molecule has 0 aliphatic heterocycles. The van der Waals surface area contributed by atoms with Crippen LogP contribution in [-0.2, 0) is 25.5 Å². The van der Waals surface area contributed by atoms with Crippen molar-refractivity contribution < 1.29 is 20.1 Å². The third-order valence-corrected chi connectivity index (χ3v) is 3.97. The van der Waals surface area contributed by atoms with Gasteiger partial charge in [0.2, 0.25) is 0 Å². The Morgan fingerprint density at radius 1 is 1.05 bits per heavy atom. The van der Waals surface area contributed by atoms with Gasteiger partial charge in [0, 0.05) is 31.2 Å². The number of imidazole rings is 1. The molecular weight excluding hydrogens is 448 g/mol. The maximum absolute atomic E-state index is 4.85. The largest absolute Gasteiger partial charge is 0.337 e. The van der Waals surface area contributed by atoms with E-state index < -0.39 is 0 Å². The van der Waals surface area contributed by atoms with Crippen molar-refractivity contribution in [1.82, 2.24) is 9.38 Å². The van der Waals surface area contributed by atoms with E-state index in [0.717, 1.165) is 22.1 Å². The summed E-state index contributed by atoms with van der Waals surface area (Å²) < 4.78 is 2.29. The second-order valence-corrected chi connectivity index (χ2v) is 6.54. The summed E-state index contributed by atoms with van der Waals surface area (Å²) in [5.74, 6) is 0. The van der Waals surface area contributed by atoms with Gasteiger partial charge in [-0.15, -0.1) is 35.0 Å². The summed E-state index contributed by atoms with van der Waals surface area (Å²) in [4.78, 5) is 4.85. The molecule has 0 atom stereocenters. The van der Waals surface area contributed by atoms with E-state index in [0.29, 0.717) is 0 Å². The first-order valence-corrected chi connectivity index (χ1v) is 7.27. The van der Waals surface area contributed by atoms with E-state index in [4.69, 9.17) is 4.98 Å². The average Bonchev–Trinajstić information content (AvgIpc) is 2.85. The molecule has 0 unspecified atom stereocenters. The van der Waals surface area contributed by atoms with Gasteiger partial charge in [-0.3, -0.25) is 4.98 Å². The number of aromatic nitrogens is 2. The number of rotatable bonds is 0. The fraction of sp³-hybridized carbons (Fsp3) is 0.211. The predicted octanol–water partition coefficient (Wildman–Crippen LogP) is 4.74. The van der Waals surface area contributed by atoms with Gasteiger partial charge in [0.1, 0.15) is 0 Å². The molecule has 0 fully saturated rings. The van der Waals surface area contributed by atoms with Crippen molar-refractivity contribution in [3.05, 3.63) is 60.3 Å². The van der Waals surface area contributed by atoms with E-state index in [-0.39, 0.29) is 25.5 Å². The number of hydrogen-bond donors (Lipinski definition) is 0. The van der Waals surface area contributed by atoms with Gasteiger partial charge in [-0.2, -0.15) is 0 Å². The average molecular weight is 466 g/mol. The number of fused-ring (bicyclic) bond motifs is 5. The van der Waals surface area contributed by atoms with Gasteiger partial charge in [-0.05, 0) is 12.1 Å².